The van der Waals surface area contributed by atoms with E-state index in [4.69, 9.17) is 0 Å². The third-order valence-electron chi connectivity index (χ3n) is 5.92. The second kappa shape index (κ2) is 9.63. The molecule has 36 heavy (non-hydrogen) atoms. The number of hydrogen-bond donors (Lipinski definition) is 0. The summed E-state index contributed by atoms with van der Waals surface area (Å²) in [6.07, 6.45) is 0. The summed E-state index contributed by atoms with van der Waals surface area (Å²) in [5.41, 5.74) is 2.85. The molecule has 2 atom stereocenters. The molecule has 3 aromatic rings. The number of nitrogens with zero attached hydrogens (tertiary/aromatic N) is 4. The van der Waals surface area contributed by atoms with Gasteiger partial charge >= 0.3 is 0 Å². The van der Waals surface area contributed by atoms with Crippen molar-refractivity contribution in [2.45, 2.75) is 10.7 Å². The first-order valence-corrected chi connectivity index (χ1v) is 12.9. The molecule has 0 aromatic heterocycles. The number of thioether (sulfide) groups is 2. The third-order valence-corrected chi connectivity index (χ3v) is 8.34. The molecule has 2 heterocycles. The van der Waals surface area contributed by atoms with Gasteiger partial charge in [-0.2, -0.15) is 0 Å². The zero-order valence-electron chi connectivity index (χ0n) is 18.6. The summed E-state index contributed by atoms with van der Waals surface area (Å²) >= 11 is 2.88. The molecule has 0 N–H and O–H groups in total. The Morgan fingerprint density at radius 1 is 0.611 bits per heavy atom. The number of carbonyl (C=O) groups excluding carboxylic acids is 2. The van der Waals surface area contributed by atoms with Crippen LogP contribution in [0.4, 0.5) is 22.7 Å². The van der Waals surface area contributed by atoms with E-state index in [1.807, 2.05) is 0 Å². The molecule has 2 saturated heterocycles. The summed E-state index contributed by atoms with van der Waals surface area (Å²) < 4.78 is 0. The van der Waals surface area contributed by atoms with Crippen LogP contribution in [0, 0.1) is 20.2 Å². The normalized spacial score (nSPS) is 19.7. The fourth-order valence-corrected chi connectivity index (χ4v) is 6.55. The average molecular weight is 523 g/mol. The van der Waals surface area contributed by atoms with Gasteiger partial charge < -0.3 is 0 Å². The van der Waals surface area contributed by atoms with Crippen molar-refractivity contribution < 1.29 is 19.4 Å². The summed E-state index contributed by atoms with van der Waals surface area (Å²) in [4.78, 5) is 49.8. The van der Waals surface area contributed by atoms with Crippen molar-refractivity contribution in [1.29, 1.82) is 0 Å². The molecule has 2 fully saturated rings. The van der Waals surface area contributed by atoms with Crippen LogP contribution in [0.5, 0.6) is 0 Å². The molecule has 2 unspecified atom stereocenters. The van der Waals surface area contributed by atoms with Gasteiger partial charge in [0.2, 0.25) is 11.8 Å². The summed E-state index contributed by atoms with van der Waals surface area (Å²) in [5.74, 6) is 0.417. The lowest BCUT2D eigenvalue weighted by molar-refractivity contribution is -0.385. The molecule has 0 radical (unpaired) electrons. The van der Waals surface area contributed by atoms with Crippen molar-refractivity contribution in [3.63, 3.8) is 0 Å². The van der Waals surface area contributed by atoms with Crippen LogP contribution >= 0.6 is 23.5 Å². The highest BCUT2D eigenvalue weighted by molar-refractivity contribution is 8.01. The Morgan fingerprint density at radius 3 is 1.25 bits per heavy atom. The van der Waals surface area contributed by atoms with Crippen LogP contribution in [0.3, 0.4) is 0 Å². The molecular formula is C24H18N4O6S2. The number of nitro groups is 2. The van der Waals surface area contributed by atoms with Crippen molar-refractivity contribution in [3.05, 3.63) is 104 Å². The van der Waals surface area contributed by atoms with Gasteiger partial charge in [0, 0.05) is 35.6 Å². The van der Waals surface area contributed by atoms with E-state index in [9.17, 15) is 29.8 Å². The van der Waals surface area contributed by atoms with Gasteiger partial charge in [-0.15, -0.1) is 23.5 Å². The Hall–Kier alpha value is -3.90. The lowest BCUT2D eigenvalue weighted by Crippen LogP contribution is -2.29. The highest BCUT2D eigenvalue weighted by Gasteiger charge is 2.36. The number of benzene rings is 3. The zero-order valence-corrected chi connectivity index (χ0v) is 20.2. The SMILES string of the molecule is O=C1CSC(c2ccc([N+](=O)[O-])cc2)N1c1ccc(N2C(=O)CSC2c2ccc([N+](=O)[O-])cc2)cc1. The van der Waals surface area contributed by atoms with Crippen LogP contribution in [0.2, 0.25) is 0 Å². The maximum absolute atomic E-state index is 12.7. The molecular weight excluding hydrogens is 504 g/mol. The first-order chi connectivity index (χ1) is 17.3. The second-order valence-electron chi connectivity index (χ2n) is 8.07. The van der Waals surface area contributed by atoms with Crippen molar-refractivity contribution in [2.75, 3.05) is 21.3 Å². The second-order valence-corrected chi connectivity index (χ2v) is 10.2. The highest BCUT2D eigenvalue weighted by Crippen LogP contribution is 2.45. The van der Waals surface area contributed by atoms with Crippen molar-refractivity contribution in [2.24, 2.45) is 0 Å². The van der Waals surface area contributed by atoms with E-state index in [2.05, 4.69) is 0 Å². The van der Waals surface area contributed by atoms with Gasteiger partial charge in [-0.3, -0.25) is 39.6 Å². The fraction of sp³-hybridized carbons (Fsp3) is 0.167. The molecule has 182 valence electrons. The van der Waals surface area contributed by atoms with Crippen molar-refractivity contribution in [3.8, 4) is 0 Å². The Balaban J connectivity index is 1.40. The molecule has 0 saturated carbocycles. The van der Waals surface area contributed by atoms with E-state index in [-0.39, 0.29) is 45.4 Å². The highest BCUT2D eigenvalue weighted by atomic mass is 32.2. The van der Waals surface area contributed by atoms with Crippen molar-refractivity contribution in [1.82, 2.24) is 0 Å². The molecule has 0 spiro atoms. The van der Waals surface area contributed by atoms with Crippen LogP contribution in [0.25, 0.3) is 0 Å². The predicted molar refractivity (Wildman–Crippen MR) is 138 cm³/mol. The van der Waals surface area contributed by atoms with Crippen LogP contribution < -0.4 is 9.80 Å². The quantitative estimate of drug-likeness (QED) is 0.325. The van der Waals surface area contributed by atoms with E-state index >= 15 is 0 Å². The zero-order chi connectivity index (χ0) is 25.4. The third kappa shape index (κ3) is 4.40. The van der Waals surface area contributed by atoms with Gasteiger partial charge in [0.1, 0.15) is 10.7 Å². The average Bonchev–Trinajstić information content (AvgIpc) is 3.46. The van der Waals surface area contributed by atoms with Crippen LogP contribution in [-0.4, -0.2) is 33.2 Å². The fourth-order valence-electron chi connectivity index (χ4n) is 4.19. The van der Waals surface area contributed by atoms with E-state index in [0.29, 0.717) is 11.4 Å². The van der Waals surface area contributed by atoms with Crippen LogP contribution in [0.15, 0.2) is 72.8 Å². The number of nitro benzene ring substituents is 2. The summed E-state index contributed by atoms with van der Waals surface area (Å²) in [5, 5.41) is 21.3. The molecule has 3 aromatic carbocycles. The minimum atomic E-state index is -0.463. The standard InChI is InChI=1S/C24H18N4O6S2/c29-21-13-35-23(15-1-5-19(6-2-15)27(31)32)25(21)17-9-11-18(12-10-17)26-22(30)14-36-24(26)16-3-7-20(8-4-16)28(33)34/h1-12,23-24H,13-14H2. The maximum Gasteiger partial charge on any atom is 0.269 e. The Kier molecular flexibility index (Phi) is 6.37. The number of non-ortho nitro benzene ring substituents is 2. The molecule has 5 rings (SSSR count). The van der Waals surface area contributed by atoms with Gasteiger partial charge in [0.05, 0.1) is 21.4 Å². The van der Waals surface area contributed by atoms with Crippen LogP contribution in [0.1, 0.15) is 21.9 Å². The van der Waals surface area contributed by atoms with Gasteiger partial charge in [0.15, 0.2) is 0 Å². The van der Waals surface area contributed by atoms with E-state index < -0.39 is 9.85 Å². The summed E-state index contributed by atoms with van der Waals surface area (Å²) in [6.45, 7) is 0. The largest absolute Gasteiger partial charge is 0.295 e. The summed E-state index contributed by atoms with van der Waals surface area (Å²) in [6, 6.07) is 19.4. The van der Waals surface area contributed by atoms with E-state index in [0.717, 1.165) is 11.1 Å². The Morgan fingerprint density at radius 2 is 0.944 bits per heavy atom. The number of rotatable bonds is 6. The van der Waals surface area contributed by atoms with Crippen molar-refractivity contribution >= 4 is 58.1 Å². The Bertz CT molecular complexity index is 1240. The molecule has 2 aliphatic rings. The predicted octanol–water partition coefficient (Wildman–Crippen LogP) is 5.06. The van der Waals surface area contributed by atoms with E-state index in [1.165, 1.54) is 47.8 Å². The topological polar surface area (TPSA) is 127 Å². The first kappa shape index (κ1) is 23.8. The lowest BCUT2D eigenvalue weighted by Gasteiger charge is -2.27. The van der Waals surface area contributed by atoms with Gasteiger partial charge in [-0.05, 0) is 59.7 Å². The number of amides is 2. The molecule has 0 bridgehead atoms. The maximum atomic E-state index is 12.7. The molecule has 12 heteroatoms. The molecule has 0 aliphatic carbocycles. The monoisotopic (exact) mass is 522 g/mol. The first-order valence-electron chi connectivity index (χ1n) is 10.8. The number of anilines is 2. The minimum absolute atomic E-state index is 0.0142. The Labute approximate surface area is 213 Å². The minimum Gasteiger partial charge on any atom is -0.295 e. The molecule has 2 aliphatic heterocycles. The number of hydrogen-bond acceptors (Lipinski definition) is 8. The summed E-state index contributed by atoms with van der Waals surface area (Å²) in [7, 11) is 0. The number of carbonyl (C=O) groups is 2. The van der Waals surface area contributed by atoms with Crippen LogP contribution in [-0.2, 0) is 9.59 Å². The molecule has 2 amide bonds. The van der Waals surface area contributed by atoms with E-state index in [1.54, 1.807) is 58.3 Å². The molecule has 10 nitrogen and oxygen atoms in total. The van der Waals surface area contributed by atoms with Gasteiger partial charge in [0.25, 0.3) is 11.4 Å². The lowest BCUT2D eigenvalue weighted by atomic mass is 10.1. The smallest absolute Gasteiger partial charge is 0.269 e. The van der Waals surface area contributed by atoms with Gasteiger partial charge in [-0.1, -0.05) is 0 Å². The van der Waals surface area contributed by atoms with Gasteiger partial charge in [-0.25, -0.2) is 0 Å².